The summed E-state index contributed by atoms with van der Waals surface area (Å²) in [6.45, 7) is 5.99. The highest BCUT2D eigenvalue weighted by molar-refractivity contribution is 6.32. The number of amides is 1. The molecule has 6 heteroatoms. The Hall–Kier alpha value is -2.24. The Morgan fingerprint density at radius 2 is 1.87 bits per heavy atom. The first kappa shape index (κ1) is 21.0. The van der Waals surface area contributed by atoms with Gasteiger partial charge in [0.25, 0.3) is 0 Å². The van der Waals surface area contributed by atoms with E-state index in [2.05, 4.69) is 41.4 Å². The van der Waals surface area contributed by atoms with Crippen LogP contribution < -0.4 is 14.8 Å². The van der Waals surface area contributed by atoms with E-state index in [0.29, 0.717) is 42.3 Å². The maximum absolute atomic E-state index is 12.4. The third-order valence-electron chi connectivity index (χ3n) is 5.86. The normalized spacial score (nSPS) is 18.8. The molecule has 4 rings (SSSR count). The summed E-state index contributed by atoms with van der Waals surface area (Å²) in [6.07, 6.45) is 4.18. The summed E-state index contributed by atoms with van der Waals surface area (Å²) in [5.41, 5.74) is 3.23. The molecule has 1 saturated heterocycles. The van der Waals surface area contributed by atoms with E-state index in [9.17, 15) is 4.79 Å². The molecular weight excluding hydrogens is 400 g/mol. The molecule has 2 aliphatic rings. The fourth-order valence-electron chi connectivity index (χ4n) is 4.10. The zero-order valence-electron chi connectivity index (χ0n) is 17.5. The van der Waals surface area contributed by atoms with E-state index in [4.69, 9.17) is 21.1 Å². The number of nitrogens with one attached hydrogen (secondary N) is 1. The second kappa shape index (κ2) is 9.71. The van der Waals surface area contributed by atoms with Gasteiger partial charge in [-0.1, -0.05) is 42.3 Å². The average Bonchev–Trinajstić information content (AvgIpc) is 2.75. The van der Waals surface area contributed by atoms with Crippen molar-refractivity contribution in [3.05, 3.63) is 58.1 Å². The fraction of sp³-hybridized carbons (Fsp3) is 0.458. The van der Waals surface area contributed by atoms with Crippen molar-refractivity contribution in [2.45, 2.75) is 51.7 Å². The minimum atomic E-state index is -0.0473. The van der Waals surface area contributed by atoms with Gasteiger partial charge in [0.05, 0.1) is 11.4 Å². The molecule has 0 bridgehead atoms. The lowest BCUT2D eigenvalue weighted by molar-refractivity contribution is -0.120. The quantitative estimate of drug-likeness (QED) is 0.743. The van der Waals surface area contributed by atoms with Gasteiger partial charge in [0.1, 0.15) is 13.2 Å². The second-order valence-electron chi connectivity index (χ2n) is 8.19. The zero-order valence-corrected chi connectivity index (χ0v) is 18.2. The van der Waals surface area contributed by atoms with E-state index in [-0.39, 0.29) is 12.3 Å². The predicted molar refractivity (Wildman–Crippen MR) is 118 cm³/mol. The lowest BCUT2D eigenvalue weighted by Crippen LogP contribution is -2.36. The first-order valence-electron chi connectivity index (χ1n) is 10.7. The molecule has 1 amide bonds. The Balaban J connectivity index is 1.28. The van der Waals surface area contributed by atoms with Crippen LogP contribution in [0.2, 0.25) is 5.02 Å². The number of benzene rings is 2. The number of carbonyl (C=O) groups excluding carboxylic acids is 1. The van der Waals surface area contributed by atoms with Crippen LogP contribution >= 0.6 is 11.6 Å². The van der Waals surface area contributed by atoms with Crippen molar-refractivity contribution in [1.29, 1.82) is 0 Å². The molecule has 2 aromatic rings. The standard InChI is InChI=1S/C24H29ClN2O3/c1-17-4-2-3-9-27(17)16-19-7-5-18(6-8-19)15-26-23(28)14-20-12-21(25)24-22(13-20)29-10-11-30-24/h5-8,12-13,17H,2-4,9-11,14-16H2,1H3,(H,26,28). The maximum atomic E-state index is 12.4. The van der Waals surface area contributed by atoms with Crippen LogP contribution in [0.15, 0.2) is 36.4 Å². The topological polar surface area (TPSA) is 50.8 Å². The van der Waals surface area contributed by atoms with Crippen molar-refractivity contribution in [2.75, 3.05) is 19.8 Å². The Kier molecular flexibility index (Phi) is 6.80. The molecule has 5 nitrogen and oxygen atoms in total. The Morgan fingerprint density at radius 3 is 2.67 bits per heavy atom. The van der Waals surface area contributed by atoms with Crippen LogP contribution in [0, 0.1) is 0 Å². The SMILES string of the molecule is CC1CCCCN1Cc1ccc(CNC(=O)Cc2cc(Cl)c3c(c2)OCCO3)cc1. The molecular formula is C24H29ClN2O3. The number of carbonyl (C=O) groups is 1. The summed E-state index contributed by atoms with van der Waals surface area (Å²) in [4.78, 5) is 15.0. The number of hydrogen-bond acceptors (Lipinski definition) is 4. The largest absolute Gasteiger partial charge is 0.486 e. The molecule has 2 aliphatic heterocycles. The Bertz CT molecular complexity index is 885. The molecule has 0 saturated carbocycles. The number of likely N-dealkylation sites (tertiary alicyclic amines) is 1. The number of rotatable bonds is 6. The van der Waals surface area contributed by atoms with Crippen LogP contribution in [0.1, 0.15) is 42.9 Å². The molecule has 1 N–H and O–H groups in total. The minimum Gasteiger partial charge on any atom is -0.486 e. The van der Waals surface area contributed by atoms with E-state index in [1.807, 2.05) is 6.07 Å². The smallest absolute Gasteiger partial charge is 0.224 e. The molecule has 30 heavy (non-hydrogen) atoms. The second-order valence-corrected chi connectivity index (χ2v) is 8.59. The summed E-state index contributed by atoms with van der Waals surface area (Å²) < 4.78 is 11.1. The molecule has 0 spiro atoms. The van der Waals surface area contributed by atoms with E-state index in [0.717, 1.165) is 17.7 Å². The van der Waals surface area contributed by atoms with Crippen LogP contribution in [0.5, 0.6) is 11.5 Å². The van der Waals surface area contributed by atoms with Crippen LogP contribution in [0.3, 0.4) is 0 Å². The minimum absolute atomic E-state index is 0.0473. The van der Waals surface area contributed by atoms with Crippen LogP contribution in [0.25, 0.3) is 0 Å². The van der Waals surface area contributed by atoms with Crippen molar-refractivity contribution < 1.29 is 14.3 Å². The molecule has 2 aromatic carbocycles. The summed E-state index contributed by atoms with van der Waals surface area (Å²) in [7, 11) is 0. The summed E-state index contributed by atoms with van der Waals surface area (Å²) in [5.74, 6) is 1.12. The lowest BCUT2D eigenvalue weighted by atomic mass is 10.0. The molecule has 1 fully saturated rings. The zero-order chi connectivity index (χ0) is 20.9. The van der Waals surface area contributed by atoms with Crippen molar-refractivity contribution >= 4 is 17.5 Å². The van der Waals surface area contributed by atoms with Gasteiger partial charge in [-0.2, -0.15) is 0 Å². The molecule has 160 valence electrons. The number of ether oxygens (including phenoxy) is 2. The van der Waals surface area contributed by atoms with Gasteiger partial charge in [-0.3, -0.25) is 9.69 Å². The molecule has 1 atom stereocenters. The van der Waals surface area contributed by atoms with E-state index in [1.165, 1.54) is 31.4 Å². The van der Waals surface area contributed by atoms with Gasteiger partial charge < -0.3 is 14.8 Å². The van der Waals surface area contributed by atoms with Gasteiger partial charge >= 0.3 is 0 Å². The lowest BCUT2D eigenvalue weighted by Gasteiger charge is -2.33. The number of fused-ring (bicyclic) bond motifs is 1. The first-order valence-corrected chi connectivity index (χ1v) is 11.1. The average molecular weight is 429 g/mol. The summed E-state index contributed by atoms with van der Waals surface area (Å²) in [5, 5.41) is 3.47. The van der Waals surface area contributed by atoms with Crippen molar-refractivity contribution in [3.63, 3.8) is 0 Å². The van der Waals surface area contributed by atoms with Gasteiger partial charge in [-0.05, 0) is 55.1 Å². The summed E-state index contributed by atoms with van der Waals surface area (Å²) >= 11 is 6.26. The van der Waals surface area contributed by atoms with Gasteiger partial charge in [0.2, 0.25) is 5.91 Å². The maximum Gasteiger partial charge on any atom is 0.224 e. The Labute approximate surface area is 183 Å². The van der Waals surface area contributed by atoms with Gasteiger partial charge in [0, 0.05) is 19.1 Å². The van der Waals surface area contributed by atoms with Crippen molar-refractivity contribution in [1.82, 2.24) is 10.2 Å². The third kappa shape index (κ3) is 5.27. The fourth-order valence-corrected chi connectivity index (χ4v) is 4.39. The molecule has 2 heterocycles. The first-order chi connectivity index (χ1) is 14.6. The summed E-state index contributed by atoms with van der Waals surface area (Å²) in [6, 6.07) is 12.8. The van der Waals surface area contributed by atoms with E-state index in [1.54, 1.807) is 6.07 Å². The number of halogens is 1. The predicted octanol–water partition coefficient (Wildman–Crippen LogP) is 4.34. The number of piperidine rings is 1. The van der Waals surface area contributed by atoms with Crippen LogP contribution in [-0.2, 0) is 24.3 Å². The van der Waals surface area contributed by atoms with Crippen molar-refractivity contribution in [3.8, 4) is 11.5 Å². The third-order valence-corrected chi connectivity index (χ3v) is 6.14. The molecule has 1 unspecified atom stereocenters. The Morgan fingerprint density at radius 1 is 1.10 bits per heavy atom. The highest BCUT2D eigenvalue weighted by atomic mass is 35.5. The van der Waals surface area contributed by atoms with Crippen LogP contribution in [0.4, 0.5) is 0 Å². The highest BCUT2D eigenvalue weighted by Gasteiger charge is 2.19. The number of nitrogens with zero attached hydrogens (tertiary/aromatic N) is 1. The van der Waals surface area contributed by atoms with Crippen LogP contribution in [-0.4, -0.2) is 36.6 Å². The van der Waals surface area contributed by atoms with Gasteiger partial charge in [0.15, 0.2) is 11.5 Å². The monoisotopic (exact) mass is 428 g/mol. The van der Waals surface area contributed by atoms with E-state index >= 15 is 0 Å². The van der Waals surface area contributed by atoms with Gasteiger partial charge in [-0.15, -0.1) is 0 Å². The number of hydrogen-bond donors (Lipinski definition) is 1. The molecule has 0 aromatic heterocycles. The molecule has 0 radical (unpaired) electrons. The molecule has 0 aliphatic carbocycles. The van der Waals surface area contributed by atoms with Crippen molar-refractivity contribution in [2.24, 2.45) is 0 Å². The highest BCUT2D eigenvalue weighted by Crippen LogP contribution is 2.38. The van der Waals surface area contributed by atoms with E-state index < -0.39 is 0 Å². The van der Waals surface area contributed by atoms with Gasteiger partial charge in [-0.25, -0.2) is 0 Å².